The van der Waals surface area contributed by atoms with E-state index in [1.807, 2.05) is 32.0 Å². The van der Waals surface area contributed by atoms with Crippen LogP contribution in [0.2, 0.25) is 0 Å². The molecule has 0 bridgehead atoms. The van der Waals surface area contributed by atoms with Gasteiger partial charge in [-0.15, -0.1) is 10.2 Å². The fourth-order valence-electron chi connectivity index (χ4n) is 1.67. The van der Waals surface area contributed by atoms with E-state index in [-0.39, 0.29) is 21.9 Å². The molecule has 0 unspecified atom stereocenters. The molecule has 1 amide bonds. The molecule has 9 heteroatoms. The number of nitrogens with one attached hydrogen (secondary N) is 2. The molecule has 22 heavy (non-hydrogen) atoms. The SMILES string of the molecule is CC(=O)Nc1nnc(S(=O)(=O)NCc2ccc(C)c(C)c2)s1. The molecule has 118 valence electrons. The fourth-order valence-corrected chi connectivity index (χ4v) is 3.68. The third-order valence-electron chi connectivity index (χ3n) is 2.96. The second-order valence-electron chi connectivity index (χ2n) is 4.80. The third kappa shape index (κ3) is 4.09. The van der Waals surface area contributed by atoms with E-state index in [9.17, 15) is 13.2 Å². The molecule has 0 aliphatic heterocycles. The van der Waals surface area contributed by atoms with E-state index in [0.29, 0.717) is 0 Å². The van der Waals surface area contributed by atoms with Gasteiger partial charge in [0.05, 0.1) is 0 Å². The van der Waals surface area contributed by atoms with Crippen LogP contribution in [0.1, 0.15) is 23.6 Å². The van der Waals surface area contributed by atoms with Gasteiger partial charge in [0.15, 0.2) is 0 Å². The second-order valence-corrected chi connectivity index (χ2v) is 7.72. The average molecular weight is 340 g/mol. The first-order valence-corrected chi connectivity index (χ1v) is 8.75. The molecule has 2 N–H and O–H groups in total. The van der Waals surface area contributed by atoms with Crippen molar-refractivity contribution in [1.82, 2.24) is 14.9 Å². The number of carbonyl (C=O) groups excluding carboxylic acids is 1. The van der Waals surface area contributed by atoms with Crippen molar-refractivity contribution in [2.45, 2.75) is 31.7 Å². The van der Waals surface area contributed by atoms with Crippen molar-refractivity contribution in [3.05, 3.63) is 34.9 Å². The molecule has 0 aliphatic carbocycles. The zero-order valence-electron chi connectivity index (χ0n) is 12.4. The van der Waals surface area contributed by atoms with Crippen LogP contribution in [-0.2, 0) is 21.4 Å². The van der Waals surface area contributed by atoms with Gasteiger partial charge in [-0.1, -0.05) is 29.5 Å². The van der Waals surface area contributed by atoms with Gasteiger partial charge < -0.3 is 5.32 Å². The molecule has 1 heterocycles. The molecular formula is C13H16N4O3S2. The minimum atomic E-state index is -3.75. The molecule has 0 spiro atoms. The smallest absolute Gasteiger partial charge is 0.270 e. The Morgan fingerprint density at radius 3 is 2.59 bits per heavy atom. The number of aryl methyl sites for hydroxylation is 2. The number of aromatic nitrogens is 2. The summed E-state index contributed by atoms with van der Waals surface area (Å²) in [5, 5.41) is 9.76. The number of carbonyl (C=O) groups is 1. The maximum Gasteiger partial charge on any atom is 0.270 e. The van der Waals surface area contributed by atoms with Crippen LogP contribution in [0.15, 0.2) is 22.5 Å². The lowest BCUT2D eigenvalue weighted by molar-refractivity contribution is -0.114. The van der Waals surface area contributed by atoms with Crippen LogP contribution >= 0.6 is 11.3 Å². The van der Waals surface area contributed by atoms with Gasteiger partial charge in [0.2, 0.25) is 15.4 Å². The Morgan fingerprint density at radius 2 is 1.95 bits per heavy atom. The van der Waals surface area contributed by atoms with Crippen molar-refractivity contribution < 1.29 is 13.2 Å². The van der Waals surface area contributed by atoms with E-state index in [1.54, 1.807) is 0 Å². The molecule has 0 aliphatic rings. The molecule has 2 rings (SSSR count). The van der Waals surface area contributed by atoms with Gasteiger partial charge in [0.25, 0.3) is 10.0 Å². The van der Waals surface area contributed by atoms with Crippen LogP contribution in [0, 0.1) is 13.8 Å². The van der Waals surface area contributed by atoms with Gasteiger partial charge in [-0.25, -0.2) is 13.1 Å². The highest BCUT2D eigenvalue weighted by atomic mass is 32.2. The summed E-state index contributed by atoms with van der Waals surface area (Å²) in [7, 11) is -3.75. The predicted molar refractivity (Wildman–Crippen MR) is 84.2 cm³/mol. The van der Waals surface area contributed by atoms with Crippen molar-refractivity contribution in [3.8, 4) is 0 Å². The standard InChI is InChI=1S/C13H16N4O3S2/c1-8-4-5-11(6-9(8)2)7-14-22(19,20)13-17-16-12(21-13)15-10(3)18/h4-6,14H,7H2,1-3H3,(H,15,16,18). The minimum absolute atomic E-state index is 0.152. The summed E-state index contributed by atoms with van der Waals surface area (Å²) < 4.78 is 26.6. The molecule has 0 saturated heterocycles. The minimum Gasteiger partial charge on any atom is -0.301 e. The summed E-state index contributed by atoms with van der Waals surface area (Å²) in [6.45, 7) is 5.44. The normalized spacial score (nSPS) is 11.4. The summed E-state index contributed by atoms with van der Waals surface area (Å²) in [6, 6.07) is 5.74. The summed E-state index contributed by atoms with van der Waals surface area (Å²) in [6.07, 6.45) is 0. The van der Waals surface area contributed by atoms with Gasteiger partial charge in [0.1, 0.15) is 0 Å². The summed E-state index contributed by atoms with van der Waals surface area (Å²) in [5.74, 6) is -0.330. The summed E-state index contributed by atoms with van der Waals surface area (Å²) in [5.41, 5.74) is 3.11. The quantitative estimate of drug-likeness (QED) is 0.805. The van der Waals surface area contributed by atoms with Crippen LogP contribution < -0.4 is 10.0 Å². The monoisotopic (exact) mass is 340 g/mol. The zero-order valence-corrected chi connectivity index (χ0v) is 14.0. The number of rotatable bonds is 5. The molecule has 0 radical (unpaired) electrons. The Bertz CT molecular complexity index is 799. The summed E-state index contributed by atoms with van der Waals surface area (Å²) >= 11 is 0.804. The third-order valence-corrected chi connectivity index (χ3v) is 5.56. The van der Waals surface area contributed by atoms with E-state index < -0.39 is 10.0 Å². The van der Waals surface area contributed by atoms with Gasteiger partial charge in [-0.3, -0.25) is 4.79 Å². The lowest BCUT2D eigenvalue weighted by atomic mass is 10.1. The van der Waals surface area contributed by atoms with E-state index in [0.717, 1.165) is 28.0 Å². The maximum absolute atomic E-state index is 12.1. The number of amides is 1. The predicted octanol–water partition coefficient (Wildman–Crippen LogP) is 1.59. The molecule has 2 aromatic rings. The van der Waals surface area contributed by atoms with Crippen molar-refractivity contribution in [1.29, 1.82) is 0 Å². The summed E-state index contributed by atoms with van der Waals surface area (Å²) in [4.78, 5) is 10.9. The lowest BCUT2D eigenvalue weighted by Crippen LogP contribution is -2.23. The lowest BCUT2D eigenvalue weighted by Gasteiger charge is -2.06. The number of hydrogen-bond donors (Lipinski definition) is 2. The number of benzene rings is 1. The van der Waals surface area contributed by atoms with Crippen LogP contribution in [0.4, 0.5) is 5.13 Å². The Kier molecular flexibility index (Phi) is 4.89. The van der Waals surface area contributed by atoms with Crippen molar-refractivity contribution >= 4 is 32.4 Å². The number of nitrogens with zero attached hydrogens (tertiary/aromatic N) is 2. The van der Waals surface area contributed by atoms with E-state index in [1.165, 1.54) is 6.92 Å². The first-order valence-electron chi connectivity index (χ1n) is 6.45. The van der Waals surface area contributed by atoms with Gasteiger partial charge in [-0.2, -0.15) is 0 Å². The van der Waals surface area contributed by atoms with E-state index in [2.05, 4.69) is 20.2 Å². The van der Waals surface area contributed by atoms with Crippen LogP contribution in [0.3, 0.4) is 0 Å². The zero-order chi connectivity index (χ0) is 16.3. The molecule has 1 aromatic carbocycles. The van der Waals surface area contributed by atoms with Crippen molar-refractivity contribution in [3.63, 3.8) is 0 Å². The number of hydrogen-bond acceptors (Lipinski definition) is 6. The van der Waals surface area contributed by atoms with E-state index in [4.69, 9.17) is 0 Å². The molecule has 7 nitrogen and oxygen atoms in total. The molecule has 1 aromatic heterocycles. The fraction of sp³-hybridized carbons (Fsp3) is 0.308. The Hall–Kier alpha value is -1.84. The highest BCUT2D eigenvalue weighted by molar-refractivity contribution is 7.91. The molecule has 0 fully saturated rings. The Morgan fingerprint density at radius 1 is 1.23 bits per heavy atom. The van der Waals surface area contributed by atoms with Gasteiger partial charge in [0, 0.05) is 13.5 Å². The largest absolute Gasteiger partial charge is 0.301 e. The first kappa shape index (κ1) is 16.5. The van der Waals surface area contributed by atoms with Crippen LogP contribution in [0.5, 0.6) is 0 Å². The van der Waals surface area contributed by atoms with Gasteiger partial charge >= 0.3 is 0 Å². The number of sulfonamides is 1. The van der Waals surface area contributed by atoms with Crippen LogP contribution in [-0.4, -0.2) is 24.5 Å². The van der Waals surface area contributed by atoms with Crippen molar-refractivity contribution in [2.24, 2.45) is 0 Å². The average Bonchev–Trinajstić information content (AvgIpc) is 2.89. The van der Waals surface area contributed by atoms with Gasteiger partial charge in [-0.05, 0) is 30.5 Å². The number of anilines is 1. The first-order chi connectivity index (χ1) is 10.3. The van der Waals surface area contributed by atoms with E-state index >= 15 is 0 Å². The molecule has 0 saturated carbocycles. The Balaban J connectivity index is 2.08. The highest BCUT2D eigenvalue weighted by Gasteiger charge is 2.20. The Labute approximate surface area is 132 Å². The molecular weight excluding hydrogens is 324 g/mol. The topological polar surface area (TPSA) is 101 Å². The van der Waals surface area contributed by atoms with Crippen LogP contribution in [0.25, 0.3) is 0 Å². The maximum atomic E-state index is 12.1. The highest BCUT2D eigenvalue weighted by Crippen LogP contribution is 2.20. The van der Waals surface area contributed by atoms with Crippen molar-refractivity contribution in [2.75, 3.05) is 5.32 Å². The second kappa shape index (κ2) is 6.51. The molecule has 0 atom stereocenters.